The summed E-state index contributed by atoms with van der Waals surface area (Å²) in [5.74, 6) is 1.06. The SMILES string of the molecule is Cc1ccc(-c2cnc(C(C)(C)C)[nH]2)c2c1CCC2. The number of H-pyrrole nitrogens is 1. The van der Waals surface area contributed by atoms with Crippen LogP contribution in [0.4, 0.5) is 0 Å². The van der Waals surface area contributed by atoms with Gasteiger partial charge < -0.3 is 4.98 Å². The van der Waals surface area contributed by atoms with Gasteiger partial charge in [0.15, 0.2) is 0 Å². The van der Waals surface area contributed by atoms with Gasteiger partial charge in [0.1, 0.15) is 5.82 Å². The van der Waals surface area contributed by atoms with E-state index in [1.165, 1.54) is 41.6 Å². The molecule has 19 heavy (non-hydrogen) atoms. The molecule has 0 amide bonds. The summed E-state index contributed by atoms with van der Waals surface area (Å²) in [7, 11) is 0. The number of fused-ring (bicyclic) bond motifs is 1. The van der Waals surface area contributed by atoms with Gasteiger partial charge in [-0.05, 0) is 42.9 Å². The number of aromatic amines is 1. The van der Waals surface area contributed by atoms with Crippen LogP contribution in [-0.2, 0) is 18.3 Å². The van der Waals surface area contributed by atoms with Gasteiger partial charge in [-0.25, -0.2) is 4.98 Å². The van der Waals surface area contributed by atoms with Crippen molar-refractivity contribution in [1.29, 1.82) is 0 Å². The minimum absolute atomic E-state index is 0.0755. The predicted octanol–water partition coefficient (Wildman–Crippen LogP) is 4.17. The molecule has 1 aliphatic rings. The van der Waals surface area contributed by atoms with E-state index in [1.807, 2.05) is 6.20 Å². The van der Waals surface area contributed by atoms with Gasteiger partial charge >= 0.3 is 0 Å². The van der Waals surface area contributed by atoms with Crippen molar-refractivity contribution in [1.82, 2.24) is 9.97 Å². The van der Waals surface area contributed by atoms with Crippen molar-refractivity contribution < 1.29 is 0 Å². The van der Waals surface area contributed by atoms with Gasteiger partial charge in [-0.15, -0.1) is 0 Å². The van der Waals surface area contributed by atoms with Crippen LogP contribution in [0.1, 0.15) is 49.7 Å². The van der Waals surface area contributed by atoms with Crippen molar-refractivity contribution in [3.63, 3.8) is 0 Å². The zero-order valence-electron chi connectivity index (χ0n) is 12.3. The first-order valence-electron chi connectivity index (χ1n) is 7.14. The van der Waals surface area contributed by atoms with Crippen LogP contribution in [0.3, 0.4) is 0 Å². The molecule has 0 unspecified atom stereocenters. The molecule has 1 aromatic carbocycles. The lowest BCUT2D eigenvalue weighted by Gasteiger charge is -2.14. The Hall–Kier alpha value is -1.57. The molecule has 0 saturated carbocycles. The van der Waals surface area contributed by atoms with E-state index in [9.17, 15) is 0 Å². The standard InChI is InChI=1S/C17H22N2/c1-11-8-9-14(13-7-5-6-12(11)13)15-10-18-16(19-15)17(2,3)4/h8-10H,5-7H2,1-4H3,(H,18,19). The van der Waals surface area contributed by atoms with E-state index in [0.717, 1.165) is 5.82 Å². The lowest BCUT2D eigenvalue weighted by molar-refractivity contribution is 0.553. The van der Waals surface area contributed by atoms with E-state index in [0.29, 0.717) is 0 Å². The van der Waals surface area contributed by atoms with Crippen LogP contribution in [0.2, 0.25) is 0 Å². The molecule has 0 radical (unpaired) electrons. The first kappa shape index (κ1) is 12.5. The number of aromatic nitrogens is 2. The summed E-state index contributed by atoms with van der Waals surface area (Å²) in [4.78, 5) is 8.06. The molecular weight excluding hydrogens is 232 g/mol. The van der Waals surface area contributed by atoms with Crippen molar-refractivity contribution in [2.24, 2.45) is 0 Å². The molecule has 0 bridgehead atoms. The monoisotopic (exact) mass is 254 g/mol. The summed E-state index contributed by atoms with van der Waals surface area (Å²) in [6, 6.07) is 4.50. The van der Waals surface area contributed by atoms with Crippen LogP contribution in [0.5, 0.6) is 0 Å². The molecule has 3 rings (SSSR count). The van der Waals surface area contributed by atoms with Crippen molar-refractivity contribution in [3.8, 4) is 11.3 Å². The van der Waals surface area contributed by atoms with E-state index in [1.54, 1.807) is 5.56 Å². The number of nitrogens with zero attached hydrogens (tertiary/aromatic N) is 1. The van der Waals surface area contributed by atoms with Gasteiger partial charge in [-0.1, -0.05) is 32.9 Å². The highest BCUT2D eigenvalue weighted by Crippen LogP contribution is 2.34. The normalized spacial score (nSPS) is 14.7. The maximum absolute atomic E-state index is 4.56. The summed E-state index contributed by atoms with van der Waals surface area (Å²) in [6.45, 7) is 8.79. The molecule has 0 atom stereocenters. The summed E-state index contributed by atoms with van der Waals surface area (Å²) >= 11 is 0. The lowest BCUT2D eigenvalue weighted by atomic mass is 9.96. The summed E-state index contributed by atoms with van der Waals surface area (Å²) < 4.78 is 0. The maximum Gasteiger partial charge on any atom is 0.111 e. The molecule has 1 aliphatic carbocycles. The van der Waals surface area contributed by atoms with E-state index in [-0.39, 0.29) is 5.41 Å². The van der Waals surface area contributed by atoms with Crippen LogP contribution in [0.25, 0.3) is 11.3 Å². The van der Waals surface area contributed by atoms with Gasteiger partial charge in [0.25, 0.3) is 0 Å². The molecular formula is C17H22N2. The Labute approximate surface area is 115 Å². The van der Waals surface area contributed by atoms with Crippen LogP contribution < -0.4 is 0 Å². The molecule has 100 valence electrons. The summed E-state index contributed by atoms with van der Waals surface area (Å²) in [5.41, 5.74) is 7.12. The highest BCUT2D eigenvalue weighted by Gasteiger charge is 2.21. The highest BCUT2D eigenvalue weighted by molar-refractivity contribution is 5.67. The molecule has 1 aromatic heterocycles. The van der Waals surface area contributed by atoms with E-state index < -0.39 is 0 Å². The third kappa shape index (κ3) is 2.09. The molecule has 0 saturated heterocycles. The van der Waals surface area contributed by atoms with E-state index in [4.69, 9.17) is 0 Å². The van der Waals surface area contributed by atoms with Gasteiger partial charge in [-0.2, -0.15) is 0 Å². The number of hydrogen-bond acceptors (Lipinski definition) is 1. The summed E-state index contributed by atoms with van der Waals surface area (Å²) in [5, 5.41) is 0. The zero-order chi connectivity index (χ0) is 13.6. The van der Waals surface area contributed by atoms with Crippen LogP contribution in [0.15, 0.2) is 18.3 Å². The zero-order valence-corrected chi connectivity index (χ0v) is 12.3. The minimum atomic E-state index is 0.0755. The number of aryl methyl sites for hydroxylation is 1. The number of hydrogen-bond donors (Lipinski definition) is 1. The molecule has 2 nitrogen and oxygen atoms in total. The number of imidazole rings is 1. The number of benzene rings is 1. The Morgan fingerprint density at radius 3 is 2.53 bits per heavy atom. The van der Waals surface area contributed by atoms with Crippen LogP contribution >= 0.6 is 0 Å². The fourth-order valence-corrected chi connectivity index (χ4v) is 2.98. The topological polar surface area (TPSA) is 28.7 Å². The fraction of sp³-hybridized carbons (Fsp3) is 0.471. The van der Waals surface area contributed by atoms with Gasteiger partial charge in [0.2, 0.25) is 0 Å². The molecule has 0 fully saturated rings. The second kappa shape index (κ2) is 4.22. The number of nitrogens with one attached hydrogen (secondary N) is 1. The molecule has 2 heteroatoms. The Morgan fingerprint density at radius 2 is 1.84 bits per heavy atom. The third-order valence-electron chi connectivity index (χ3n) is 4.10. The number of rotatable bonds is 1. The Balaban J connectivity index is 2.09. The second-order valence-electron chi connectivity index (χ2n) is 6.64. The Kier molecular flexibility index (Phi) is 2.77. The van der Waals surface area contributed by atoms with E-state index >= 15 is 0 Å². The van der Waals surface area contributed by atoms with Gasteiger partial charge in [0, 0.05) is 11.0 Å². The Morgan fingerprint density at radius 1 is 1.11 bits per heavy atom. The van der Waals surface area contributed by atoms with Crippen LogP contribution in [0, 0.1) is 6.92 Å². The molecule has 2 aromatic rings. The average Bonchev–Trinajstić information content (AvgIpc) is 2.97. The predicted molar refractivity (Wildman–Crippen MR) is 79.5 cm³/mol. The molecule has 0 spiro atoms. The van der Waals surface area contributed by atoms with E-state index in [2.05, 4.69) is 49.8 Å². The molecule has 0 aliphatic heterocycles. The third-order valence-corrected chi connectivity index (χ3v) is 4.10. The summed E-state index contributed by atoms with van der Waals surface area (Å²) in [6.07, 6.45) is 5.71. The lowest BCUT2D eigenvalue weighted by Crippen LogP contribution is -2.13. The van der Waals surface area contributed by atoms with Gasteiger partial charge in [0.05, 0.1) is 11.9 Å². The largest absolute Gasteiger partial charge is 0.342 e. The van der Waals surface area contributed by atoms with Gasteiger partial charge in [-0.3, -0.25) is 0 Å². The highest BCUT2D eigenvalue weighted by atomic mass is 14.9. The molecule has 1 heterocycles. The quantitative estimate of drug-likeness (QED) is 0.813. The second-order valence-corrected chi connectivity index (χ2v) is 6.64. The minimum Gasteiger partial charge on any atom is -0.342 e. The maximum atomic E-state index is 4.56. The smallest absolute Gasteiger partial charge is 0.111 e. The fourth-order valence-electron chi connectivity index (χ4n) is 2.98. The van der Waals surface area contributed by atoms with Crippen molar-refractivity contribution >= 4 is 0 Å². The van der Waals surface area contributed by atoms with Crippen molar-refractivity contribution in [3.05, 3.63) is 40.8 Å². The molecule has 1 N–H and O–H groups in total. The first-order valence-corrected chi connectivity index (χ1v) is 7.14. The van der Waals surface area contributed by atoms with Crippen molar-refractivity contribution in [2.75, 3.05) is 0 Å². The van der Waals surface area contributed by atoms with Crippen molar-refractivity contribution in [2.45, 2.75) is 52.4 Å². The van der Waals surface area contributed by atoms with Crippen LogP contribution in [-0.4, -0.2) is 9.97 Å². The average molecular weight is 254 g/mol. The Bertz CT molecular complexity index is 615. The first-order chi connectivity index (χ1) is 8.97.